The van der Waals surface area contributed by atoms with Crippen molar-refractivity contribution in [1.29, 1.82) is 0 Å². The molecular weight excluding hydrogens is 293 g/mol. The van der Waals surface area contributed by atoms with Gasteiger partial charge < -0.3 is 10.1 Å². The highest BCUT2D eigenvalue weighted by Crippen LogP contribution is 2.26. The normalized spacial score (nSPS) is 18.2. The van der Waals surface area contributed by atoms with E-state index in [4.69, 9.17) is 0 Å². The van der Waals surface area contributed by atoms with E-state index in [-0.39, 0.29) is 24.2 Å². The zero-order valence-electron chi connectivity index (χ0n) is 11.1. The third-order valence-electron chi connectivity index (χ3n) is 3.30. The van der Waals surface area contributed by atoms with Crippen molar-refractivity contribution < 1.29 is 17.9 Å². The molecule has 1 atom stereocenters. The molecule has 1 aliphatic rings. The summed E-state index contributed by atoms with van der Waals surface area (Å²) in [6.07, 6.45) is -4.63. The summed E-state index contributed by atoms with van der Waals surface area (Å²) in [4.78, 5) is 2.30. The molecule has 1 heterocycles. The Morgan fingerprint density at radius 3 is 2.20 bits per heavy atom. The number of hydrogen-bond donors (Lipinski definition) is 1. The number of alkyl halides is 3. The SMILES string of the molecule is C[C@@H](c1ccc(OC(F)(F)F)cc1)N1CCNCC1.Cl. The number of ether oxygens (including phenoxy) is 1. The lowest BCUT2D eigenvalue weighted by Gasteiger charge is -2.33. The molecule has 0 bridgehead atoms. The maximum absolute atomic E-state index is 12.1. The van der Waals surface area contributed by atoms with E-state index in [0.29, 0.717) is 0 Å². The topological polar surface area (TPSA) is 24.5 Å². The largest absolute Gasteiger partial charge is 0.573 e. The lowest BCUT2D eigenvalue weighted by Crippen LogP contribution is -2.44. The second kappa shape index (κ2) is 7.15. The molecule has 0 saturated carbocycles. The average Bonchev–Trinajstić information content (AvgIpc) is 2.38. The molecule has 1 N–H and O–H groups in total. The summed E-state index contributed by atoms with van der Waals surface area (Å²) in [6.45, 7) is 5.84. The van der Waals surface area contributed by atoms with Gasteiger partial charge in [-0.2, -0.15) is 0 Å². The van der Waals surface area contributed by atoms with Gasteiger partial charge in [0.15, 0.2) is 0 Å². The van der Waals surface area contributed by atoms with Gasteiger partial charge in [0.25, 0.3) is 0 Å². The monoisotopic (exact) mass is 310 g/mol. The maximum atomic E-state index is 12.1. The number of hydrogen-bond acceptors (Lipinski definition) is 3. The predicted octanol–water partition coefficient (Wildman–Crippen LogP) is 2.97. The van der Waals surface area contributed by atoms with Crippen molar-refractivity contribution in [2.24, 2.45) is 0 Å². The first kappa shape index (κ1) is 17.1. The second-order valence-electron chi connectivity index (χ2n) is 4.58. The number of piperazine rings is 1. The zero-order valence-corrected chi connectivity index (χ0v) is 11.9. The highest BCUT2D eigenvalue weighted by molar-refractivity contribution is 5.85. The summed E-state index contributed by atoms with van der Waals surface area (Å²) in [6, 6.07) is 6.30. The third-order valence-corrected chi connectivity index (χ3v) is 3.30. The van der Waals surface area contributed by atoms with Crippen LogP contribution in [0.3, 0.4) is 0 Å². The first-order chi connectivity index (χ1) is 8.96. The van der Waals surface area contributed by atoms with Gasteiger partial charge in [-0.05, 0) is 24.6 Å². The molecule has 7 heteroatoms. The molecule has 0 amide bonds. The van der Waals surface area contributed by atoms with E-state index in [1.807, 2.05) is 0 Å². The lowest BCUT2D eigenvalue weighted by molar-refractivity contribution is -0.274. The van der Waals surface area contributed by atoms with E-state index in [1.54, 1.807) is 12.1 Å². The highest BCUT2D eigenvalue weighted by atomic mass is 35.5. The molecule has 1 aromatic carbocycles. The van der Waals surface area contributed by atoms with Crippen LogP contribution in [-0.4, -0.2) is 37.4 Å². The number of halogens is 4. The van der Waals surface area contributed by atoms with Gasteiger partial charge in [0, 0.05) is 32.2 Å². The van der Waals surface area contributed by atoms with E-state index in [1.165, 1.54) is 12.1 Å². The van der Waals surface area contributed by atoms with E-state index in [9.17, 15) is 13.2 Å². The maximum Gasteiger partial charge on any atom is 0.573 e. The van der Waals surface area contributed by atoms with Crippen LogP contribution in [0.5, 0.6) is 5.75 Å². The van der Waals surface area contributed by atoms with Crippen molar-refractivity contribution >= 4 is 12.4 Å². The first-order valence-corrected chi connectivity index (χ1v) is 6.26. The van der Waals surface area contributed by atoms with Crippen molar-refractivity contribution in [3.05, 3.63) is 29.8 Å². The zero-order chi connectivity index (χ0) is 13.9. The van der Waals surface area contributed by atoms with Crippen molar-refractivity contribution in [2.45, 2.75) is 19.3 Å². The summed E-state index contributed by atoms with van der Waals surface area (Å²) in [5.41, 5.74) is 0.997. The van der Waals surface area contributed by atoms with Gasteiger partial charge in [-0.25, -0.2) is 0 Å². The van der Waals surface area contributed by atoms with Crippen LogP contribution in [0.4, 0.5) is 13.2 Å². The molecule has 1 fully saturated rings. The Labute approximate surface area is 122 Å². The summed E-state index contributed by atoms with van der Waals surface area (Å²) < 4.78 is 40.0. The number of nitrogens with one attached hydrogen (secondary N) is 1. The van der Waals surface area contributed by atoms with Crippen LogP contribution in [0.2, 0.25) is 0 Å². The van der Waals surface area contributed by atoms with Gasteiger partial charge in [-0.1, -0.05) is 12.1 Å². The number of rotatable bonds is 3. The molecule has 2 rings (SSSR count). The minimum atomic E-state index is -4.63. The Kier molecular flexibility index (Phi) is 6.10. The minimum Gasteiger partial charge on any atom is -0.406 e. The number of nitrogens with zero attached hydrogens (tertiary/aromatic N) is 1. The Bertz CT molecular complexity index is 405. The van der Waals surface area contributed by atoms with Crippen LogP contribution in [0.1, 0.15) is 18.5 Å². The molecule has 0 spiro atoms. The molecule has 20 heavy (non-hydrogen) atoms. The molecule has 3 nitrogen and oxygen atoms in total. The highest BCUT2D eigenvalue weighted by Gasteiger charge is 2.31. The van der Waals surface area contributed by atoms with Gasteiger partial charge in [0.2, 0.25) is 0 Å². The molecular formula is C13H18ClF3N2O. The van der Waals surface area contributed by atoms with Gasteiger partial charge in [-0.3, -0.25) is 4.90 Å². The van der Waals surface area contributed by atoms with Gasteiger partial charge in [0.05, 0.1) is 0 Å². The van der Waals surface area contributed by atoms with Crippen molar-refractivity contribution in [2.75, 3.05) is 26.2 Å². The van der Waals surface area contributed by atoms with Crippen molar-refractivity contribution in [1.82, 2.24) is 10.2 Å². The molecule has 1 aromatic rings. The average molecular weight is 311 g/mol. The molecule has 114 valence electrons. The van der Waals surface area contributed by atoms with Gasteiger partial charge >= 0.3 is 6.36 Å². The third kappa shape index (κ3) is 4.85. The predicted molar refractivity (Wildman–Crippen MR) is 73.2 cm³/mol. The fourth-order valence-electron chi connectivity index (χ4n) is 2.23. The van der Waals surface area contributed by atoms with Gasteiger partial charge in [0.1, 0.15) is 5.75 Å². The molecule has 0 aliphatic carbocycles. The van der Waals surface area contributed by atoms with E-state index in [0.717, 1.165) is 31.7 Å². The van der Waals surface area contributed by atoms with Gasteiger partial charge in [-0.15, -0.1) is 25.6 Å². The fraction of sp³-hybridized carbons (Fsp3) is 0.538. The Morgan fingerprint density at radius 2 is 1.70 bits per heavy atom. The quantitative estimate of drug-likeness (QED) is 0.929. The molecule has 1 saturated heterocycles. The van der Waals surface area contributed by atoms with Crippen LogP contribution in [-0.2, 0) is 0 Å². The second-order valence-corrected chi connectivity index (χ2v) is 4.58. The summed E-state index contributed by atoms with van der Waals surface area (Å²) in [7, 11) is 0. The molecule has 0 aromatic heterocycles. The minimum absolute atomic E-state index is 0. The van der Waals surface area contributed by atoms with Crippen LogP contribution in [0, 0.1) is 0 Å². The Morgan fingerprint density at radius 1 is 1.15 bits per heavy atom. The molecule has 0 unspecified atom stereocenters. The first-order valence-electron chi connectivity index (χ1n) is 6.26. The standard InChI is InChI=1S/C13H17F3N2O.ClH/c1-10(18-8-6-17-7-9-18)11-2-4-12(5-3-11)19-13(14,15)16;/h2-5,10,17H,6-9H2,1H3;1H/t10-;/m0./s1. The van der Waals surface area contributed by atoms with E-state index >= 15 is 0 Å². The van der Waals surface area contributed by atoms with E-state index in [2.05, 4.69) is 21.9 Å². The van der Waals surface area contributed by atoms with Crippen LogP contribution < -0.4 is 10.1 Å². The van der Waals surface area contributed by atoms with E-state index < -0.39 is 6.36 Å². The van der Waals surface area contributed by atoms with Crippen molar-refractivity contribution in [3.8, 4) is 5.75 Å². The lowest BCUT2D eigenvalue weighted by atomic mass is 10.1. The summed E-state index contributed by atoms with van der Waals surface area (Å²) >= 11 is 0. The Hall–Kier alpha value is -0.980. The summed E-state index contributed by atoms with van der Waals surface area (Å²) in [5, 5.41) is 3.27. The fourth-order valence-corrected chi connectivity index (χ4v) is 2.23. The number of benzene rings is 1. The van der Waals surface area contributed by atoms with Crippen molar-refractivity contribution in [3.63, 3.8) is 0 Å². The molecule has 0 radical (unpaired) electrons. The Balaban J connectivity index is 0.00000200. The van der Waals surface area contributed by atoms with Crippen LogP contribution >= 0.6 is 12.4 Å². The smallest absolute Gasteiger partial charge is 0.406 e. The van der Waals surface area contributed by atoms with Crippen LogP contribution in [0.25, 0.3) is 0 Å². The summed E-state index contributed by atoms with van der Waals surface area (Å²) in [5.74, 6) is -0.177. The van der Waals surface area contributed by atoms with Crippen LogP contribution in [0.15, 0.2) is 24.3 Å². The molecule has 1 aliphatic heterocycles.